The number of urea groups is 1. The molecule has 0 aliphatic rings. The van der Waals surface area contributed by atoms with Gasteiger partial charge in [0.25, 0.3) is 0 Å². The van der Waals surface area contributed by atoms with Gasteiger partial charge in [-0.3, -0.25) is 0 Å². The lowest BCUT2D eigenvalue weighted by Gasteiger charge is -2.25. The maximum absolute atomic E-state index is 12.9. The summed E-state index contributed by atoms with van der Waals surface area (Å²) >= 11 is 0. The molecule has 20 heavy (non-hydrogen) atoms. The third-order valence-electron chi connectivity index (χ3n) is 3.13. The van der Waals surface area contributed by atoms with Gasteiger partial charge in [-0.25, -0.2) is 9.18 Å². The van der Waals surface area contributed by atoms with Crippen LogP contribution >= 0.6 is 0 Å². The van der Waals surface area contributed by atoms with E-state index < -0.39 is 0 Å². The van der Waals surface area contributed by atoms with Crippen LogP contribution in [0.15, 0.2) is 24.3 Å². The van der Waals surface area contributed by atoms with Crippen molar-refractivity contribution in [2.75, 3.05) is 26.8 Å². The summed E-state index contributed by atoms with van der Waals surface area (Å²) in [7, 11) is 1.63. The summed E-state index contributed by atoms with van der Waals surface area (Å²) in [5.41, 5.74) is 0.732. The molecule has 0 radical (unpaired) electrons. The van der Waals surface area contributed by atoms with Crippen molar-refractivity contribution in [1.82, 2.24) is 10.6 Å². The fraction of sp³-hybridized carbons (Fsp3) is 0.533. The number of hydrogen-bond donors (Lipinski definition) is 2. The van der Waals surface area contributed by atoms with E-state index in [1.807, 2.05) is 13.8 Å². The van der Waals surface area contributed by atoms with Crippen molar-refractivity contribution in [3.8, 4) is 0 Å². The van der Waals surface area contributed by atoms with Crippen molar-refractivity contribution in [2.45, 2.75) is 25.7 Å². The Labute approximate surface area is 119 Å². The van der Waals surface area contributed by atoms with Gasteiger partial charge in [0.15, 0.2) is 0 Å². The zero-order valence-electron chi connectivity index (χ0n) is 12.3. The van der Waals surface area contributed by atoms with Crippen LogP contribution in [-0.2, 0) is 10.2 Å². The molecule has 2 N–H and O–H groups in total. The van der Waals surface area contributed by atoms with E-state index in [4.69, 9.17) is 4.74 Å². The van der Waals surface area contributed by atoms with Gasteiger partial charge >= 0.3 is 6.03 Å². The molecule has 0 saturated heterocycles. The van der Waals surface area contributed by atoms with Crippen molar-refractivity contribution in [3.05, 3.63) is 35.6 Å². The van der Waals surface area contributed by atoms with Crippen LogP contribution in [-0.4, -0.2) is 32.8 Å². The number of hydrogen-bond acceptors (Lipinski definition) is 2. The number of carbonyl (C=O) groups is 1. The Morgan fingerprint density at radius 3 is 2.50 bits per heavy atom. The maximum Gasteiger partial charge on any atom is 0.314 e. The van der Waals surface area contributed by atoms with Crippen molar-refractivity contribution in [2.24, 2.45) is 0 Å². The lowest BCUT2D eigenvalue weighted by atomic mass is 9.84. The lowest BCUT2D eigenvalue weighted by molar-refractivity contribution is 0.193. The summed E-state index contributed by atoms with van der Waals surface area (Å²) in [4.78, 5) is 11.6. The molecule has 5 heteroatoms. The number of carbonyl (C=O) groups excluding carboxylic acids is 1. The second-order valence-electron chi connectivity index (χ2n) is 5.35. The van der Waals surface area contributed by atoms with Gasteiger partial charge in [0.05, 0.1) is 0 Å². The van der Waals surface area contributed by atoms with Gasteiger partial charge in [-0.2, -0.15) is 0 Å². The second kappa shape index (κ2) is 7.85. The molecule has 0 bridgehead atoms. The molecule has 0 aliphatic heterocycles. The molecule has 1 aromatic carbocycles. The Balaban J connectivity index is 2.39. The lowest BCUT2D eigenvalue weighted by Crippen LogP contribution is -2.42. The molecule has 1 aromatic rings. The summed E-state index contributed by atoms with van der Waals surface area (Å²) in [6, 6.07) is 6.15. The SMILES string of the molecule is COCCCNC(=O)NCC(C)(C)c1ccc(F)cc1. The molecule has 112 valence electrons. The molecule has 0 fully saturated rings. The predicted molar refractivity (Wildman–Crippen MR) is 77.3 cm³/mol. The number of methoxy groups -OCH3 is 1. The summed E-state index contributed by atoms with van der Waals surface area (Å²) < 4.78 is 17.8. The molecule has 0 atom stereocenters. The van der Waals surface area contributed by atoms with E-state index in [0.717, 1.165) is 12.0 Å². The smallest absolute Gasteiger partial charge is 0.314 e. The van der Waals surface area contributed by atoms with Gasteiger partial charge in [-0.15, -0.1) is 0 Å². The zero-order valence-corrected chi connectivity index (χ0v) is 12.3. The average molecular weight is 282 g/mol. The Hall–Kier alpha value is -1.62. The summed E-state index contributed by atoms with van der Waals surface area (Å²) in [5.74, 6) is -0.256. The van der Waals surface area contributed by atoms with Crippen LogP contribution in [0.5, 0.6) is 0 Å². The van der Waals surface area contributed by atoms with Crippen molar-refractivity contribution >= 4 is 6.03 Å². The quantitative estimate of drug-likeness (QED) is 0.755. The van der Waals surface area contributed by atoms with E-state index >= 15 is 0 Å². The minimum absolute atomic E-state index is 0.198. The molecule has 1 rings (SSSR count). The molecule has 0 aliphatic carbocycles. The van der Waals surface area contributed by atoms with E-state index in [1.165, 1.54) is 12.1 Å². The number of ether oxygens (including phenoxy) is 1. The van der Waals surface area contributed by atoms with Crippen molar-refractivity contribution < 1.29 is 13.9 Å². The standard InChI is InChI=1S/C15H23FN2O2/c1-15(2,12-5-7-13(16)8-6-12)11-18-14(19)17-9-4-10-20-3/h5-8H,4,9-11H2,1-3H3,(H2,17,18,19). The molecular formula is C15H23FN2O2. The van der Waals surface area contributed by atoms with Gasteiger partial charge in [0.1, 0.15) is 5.82 Å². The van der Waals surface area contributed by atoms with Gasteiger partial charge in [-0.05, 0) is 24.1 Å². The molecule has 2 amide bonds. The average Bonchev–Trinajstić information content (AvgIpc) is 2.42. The Bertz CT molecular complexity index is 418. The molecule has 0 spiro atoms. The van der Waals surface area contributed by atoms with Gasteiger partial charge in [0, 0.05) is 32.2 Å². The minimum atomic E-state index is -0.256. The largest absolute Gasteiger partial charge is 0.385 e. The number of nitrogens with one attached hydrogen (secondary N) is 2. The number of amides is 2. The predicted octanol–water partition coefficient (Wildman–Crippen LogP) is 2.44. The monoisotopic (exact) mass is 282 g/mol. The summed E-state index contributed by atoms with van der Waals surface area (Å²) in [5, 5.41) is 5.59. The molecular weight excluding hydrogens is 259 g/mol. The van der Waals surface area contributed by atoms with Crippen LogP contribution in [0, 0.1) is 5.82 Å². The van der Waals surface area contributed by atoms with Crippen LogP contribution in [0.4, 0.5) is 9.18 Å². The molecule has 0 saturated carbocycles. The van der Waals surface area contributed by atoms with Gasteiger partial charge in [-0.1, -0.05) is 26.0 Å². The third-order valence-corrected chi connectivity index (χ3v) is 3.13. The highest BCUT2D eigenvalue weighted by Gasteiger charge is 2.21. The van der Waals surface area contributed by atoms with Crippen molar-refractivity contribution in [1.29, 1.82) is 0 Å². The molecule has 0 heterocycles. The summed E-state index contributed by atoms with van der Waals surface area (Å²) in [6.07, 6.45) is 0.783. The van der Waals surface area contributed by atoms with E-state index in [2.05, 4.69) is 10.6 Å². The number of halogens is 1. The first-order valence-electron chi connectivity index (χ1n) is 6.72. The van der Waals surface area contributed by atoms with Crippen LogP contribution in [0.2, 0.25) is 0 Å². The second-order valence-corrected chi connectivity index (χ2v) is 5.35. The van der Waals surface area contributed by atoms with Crippen LogP contribution < -0.4 is 10.6 Å². The van der Waals surface area contributed by atoms with Crippen molar-refractivity contribution in [3.63, 3.8) is 0 Å². The maximum atomic E-state index is 12.9. The third kappa shape index (κ3) is 5.57. The Morgan fingerprint density at radius 1 is 1.25 bits per heavy atom. The van der Waals surface area contributed by atoms with Crippen LogP contribution in [0.3, 0.4) is 0 Å². The van der Waals surface area contributed by atoms with Crippen LogP contribution in [0.1, 0.15) is 25.8 Å². The van der Waals surface area contributed by atoms with Crippen LogP contribution in [0.25, 0.3) is 0 Å². The Morgan fingerprint density at radius 2 is 1.90 bits per heavy atom. The Kier molecular flexibility index (Phi) is 6.45. The number of benzene rings is 1. The van der Waals surface area contributed by atoms with Gasteiger partial charge in [0.2, 0.25) is 0 Å². The minimum Gasteiger partial charge on any atom is -0.385 e. The molecule has 0 aromatic heterocycles. The summed E-state index contributed by atoms with van der Waals surface area (Å²) in [6.45, 7) is 5.70. The first-order valence-corrected chi connectivity index (χ1v) is 6.72. The fourth-order valence-corrected chi connectivity index (χ4v) is 1.79. The van der Waals surface area contributed by atoms with E-state index in [0.29, 0.717) is 19.7 Å². The normalized spacial score (nSPS) is 11.2. The highest BCUT2D eigenvalue weighted by molar-refractivity contribution is 5.73. The van der Waals surface area contributed by atoms with E-state index in [1.54, 1.807) is 19.2 Å². The number of rotatable bonds is 7. The first-order chi connectivity index (χ1) is 9.45. The molecule has 4 nitrogen and oxygen atoms in total. The van der Waals surface area contributed by atoms with E-state index in [9.17, 15) is 9.18 Å². The fourth-order valence-electron chi connectivity index (χ4n) is 1.79. The highest BCUT2D eigenvalue weighted by atomic mass is 19.1. The first kappa shape index (κ1) is 16.4. The highest BCUT2D eigenvalue weighted by Crippen LogP contribution is 2.22. The molecule has 0 unspecified atom stereocenters. The van der Waals surface area contributed by atoms with Gasteiger partial charge < -0.3 is 15.4 Å². The topological polar surface area (TPSA) is 50.4 Å². The zero-order chi connectivity index (χ0) is 15.0. The van der Waals surface area contributed by atoms with E-state index in [-0.39, 0.29) is 17.3 Å².